The van der Waals surface area contributed by atoms with E-state index in [1.165, 1.54) is 6.07 Å². The van der Waals surface area contributed by atoms with Gasteiger partial charge in [0.1, 0.15) is 4.90 Å². The Hall–Kier alpha value is -1.27. The van der Waals surface area contributed by atoms with Crippen molar-refractivity contribution in [1.29, 1.82) is 0 Å². The Morgan fingerprint density at radius 2 is 1.81 bits per heavy atom. The second-order valence-corrected chi connectivity index (χ2v) is 5.50. The Morgan fingerprint density at radius 1 is 1.19 bits per heavy atom. The predicted octanol–water partition coefficient (Wildman–Crippen LogP) is 0.516. The van der Waals surface area contributed by atoms with Crippen molar-refractivity contribution in [3.63, 3.8) is 0 Å². The molecule has 2 rings (SSSR count). The number of nitrogen functional groups attached to an aromatic ring is 1. The first-order valence-corrected chi connectivity index (χ1v) is 6.70. The molecule has 16 heavy (non-hydrogen) atoms. The van der Waals surface area contributed by atoms with Gasteiger partial charge >= 0.3 is 0 Å². The van der Waals surface area contributed by atoms with E-state index in [0.717, 1.165) is 25.9 Å². The summed E-state index contributed by atoms with van der Waals surface area (Å²) in [5.74, 6) is 0. The van der Waals surface area contributed by atoms with Crippen LogP contribution < -0.4 is 15.8 Å². The molecule has 0 bridgehead atoms. The van der Waals surface area contributed by atoms with Crippen LogP contribution in [-0.4, -0.2) is 21.5 Å². The Kier molecular flexibility index (Phi) is 2.77. The predicted molar refractivity (Wildman–Crippen MR) is 63.7 cm³/mol. The fourth-order valence-corrected chi connectivity index (χ4v) is 2.77. The third kappa shape index (κ3) is 2.12. The molecule has 1 aliphatic heterocycles. The second-order valence-electron chi connectivity index (χ2n) is 3.97. The van der Waals surface area contributed by atoms with Gasteiger partial charge in [-0.2, -0.15) is 0 Å². The minimum absolute atomic E-state index is 0.120. The Bertz CT molecular complexity index is 493. The number of rotatable bonds is 2. The number of benzene rings is 1. The molecule has 0 saturated carbocycles. The summed E-state index contributed by atoms with van der Waals surface area (Å²) in [5.41, 5.74) is 6.65. The van der Waals surface area contributed by atoms with Gasteiger partial charge in [-0.05, 0) is 31.0 Å². The van der Waals surface area contributed by atoms with E-state index in [1.54, 1.807) is 12.1 Å². The van der Waals surface area contributed by atoms with E-state index in [4.69, 9.17) is 10.9 Å². The summed E-state index contributed by atoms with van der Waals surface area (Å²) in [5, 5.41) is 5.18. The number of hydrogen-bond donors (Lipinski definition) is 2. The van der Waals surface area contributed by atoms with Gasteiger partial charge in [0.15, 0.2) is 0 Å². The molecular weight excluding hydrogens is 226 g/mol. The van der Waals surface area contributed by atoms with E-state index in [1.807, 2.05) is 4.90 Å². The highest BCUT2D eigenvalue weighted by Gasteiger charge is 2.21. The van der Waals surface area contributed by atoms with Crippen molar-refractivity contribution in [2.45, 2.75) is 17.7 Å². The average molecular weight is 241 g/mol. The Morgan fingerprint density at radius 3 is 2.38 bits per heavy atom. The van der Waals surface area contributed by atoms with Crippen LogP contribution in [0.25, 0.3) is 0 Å². The van der Waals surface area contributed by atoms with Crippen LogP contribution in [-0.2, 0) is 10.0 Å². The molecule has 1 aliphatic rings. The average Bonchev–Trinajstić information content (AvgIpc) is 2.69. The molecule has 6 heteroatoms. The zero-order chi connectivity index (χ0) is 11.8. The number of nitrogens with two attached hydrogens (primary N) is 2. The van der Waals surface area contributed by atoms with E-state index < -0.39 is 10.0 Å². The molecule has 0 atom stereocenters. The molecule has 1 saturated heterocycles. The fourth-order valence-electron chi connectivity index (χ4n) is 1.98. The molecule has 1 aromatic rings. The van der Waals surface area contributed by atoms with Crippen molar-refractivity contribution in [3.05, 3.63) is 18.2 Å². The zero-order valence-corrected chi connectivity index (χ0v) is 9.70. The van der Waals surface area contributed by atoms with E-state index in [0.29, 0.717) is 11.4 Å². The lowest BCUT2D eigenvalue weighted by molar-refractivity contribution is 0.597. The number of primary sulfonamides is 1. The molecule has 0 unspecified atom stereocenters. The van der Waals surface area contributed by atoms with Gasteiger partial charge < -0.3 is 10.6 Å². The van der Waals surface area contributed by atoms with Crippen LogP contribution in [0.4, 0.5) is 11.4 Å². The van der Waals surface area contributed by atoms with Crippen LogP contribution in [0.3, 0.4) is 0 Å². The number of anilines is 2. The SMILES string of the molecule is Nc1ccc(N2CCCC2)c(S(N)(=O)=O)c1. The fraction of sp³-hybridized carbons (Fsp3) is 0.400. The van der Waals surface area contributed by atoms with E-state index in [-0.39, 0.29) is 4.90 Å². The van der Waals surface area contributed by atoms with Crippen molar-refractivity contribution >= 4 is 21.4 Å². The normalized spacial score (nSPS) is 16.7. The minimum atomic E-state index is -3.72. The van der Waals surface area contributed by atoms with Gasteiger partial charge in [-0.3, -0.25) is 0 Å². The smallest absolute Gasteiger partial charge is 0.240 e. The molecule has 1 fully saturated rings. The summed E-state index contributed by atoms with van der Waals surface area (Å²) in [6, 6.07) is 4.84. The standard InChI is InChI=1S/C10H15N3O2S/c11-8-3-4-9(13-5-1-2-6-13)10(7-8)16(12,14)15/h3-4,7H,1-2,5-6,11H2,(H2,12,14,15). The first-order chi connectivity index (χ1) is 7.48. The number of nitrogens with zero attached hydrogens (tertiary/aromatic N) is 1. The van der Waals surface area contributed by atoms with Crippen LogP contribution in [0.2, 0.25) is 0 Å². The van der Waals surface area contributed by atoms with E-state index in [2.05, 4.69) is 0 Å². The van der Waals surface area contributed by atoms with Gasteiger partial charge in [0.05, 0.1) is 5.69 Å². The second kappa shape index (κ2) is 3.95. The maximum atomic E-state index is 11.5. The van der Waals surface area contributed by atoms with Crippen molar-refractivity contribution in [2.75, 3.05) is 23.7 Å². The van der Waals surface area contributed by atoms with Crippen LogP contribution in [0.5, 0.6) is 0 Å². The van der Waals surface area contributed by atoms with Gasteiger partial charge in [-0.1, -0.05) is 0 Å². The highest BCUT2D eigenvalue weighted by Crippen LogP contribution is 2.29. The molecule has 0 radical (unpaired) electrons. The molecule has 1 aromatic carbocycles. The van der Waals surface area contributed by atoms with Gasteiger partial charge in [-0.25, -0.2) is 13.6 Å². The van der Waals surface area contributed by atoms with Crippen LogP contribution in [0.1, 0.15) is 12.8 Å². The molecule has 4 N–H and O–H groups in total. The molecule has 0 aromatic heterocycles. The first-order valence-electron chi connectivity index (χ1n) is 5.16. The number of sulfonamides is 1. The topological polar surface area (TPSA) is 89.4 Å². The largest absolute Gasteiger partial charge is 0.399 e. The molecule has 5 nitrogen and oxygen atoms in total. The maximum absolute atomic E-state index is 11.5. The third-order valence-corrected chi connectivity index (χ3v) is 3.68. The van der Waals surface area contributed by atoms with Gasteiger partial charge in [0, 0.05) is 18.8 Å². The van der Waals surface area contributed by atoms with Gasteiger partial charge in [0.25, 0.3) is 0 Å². The lowest BCUT2D eigenvalue weighted by Gasteiger charge is -2.20. The Balaban J connectivity index is 2.52. The van der Waals surface area contributed by atoms with Gasteiger partial charge in [0.2, 0.25) is 10.0 Å². The van der Waals surface area contributed by atoms with Gasteiger partial charge in [-0.15, -0.1) is 0 Å². The Labute approximate surface area is 95.1 Å². The summed E-state index contributed by atoms with van der Waals surface area (Å²) in [7, 11) is -3.72. The molecule has 0 aliphatic carbocycles. The summed E-state index contributed by atoms with van der Waals surface area (Å²) < 4.78 is 22.9. The molecule has 88 valence electrons. The number of hydrogen-bond acceptors (Lipinski definition) is 4. The summed E-state index contributed by atoms with van der Waals surface area (Å²) in [6.07, 6.45) is 2.16. The van der Waals surface area contributed by atoms with Crippen molar-refractivity contribution in [3.8, 4) is 0 Å². The summed E-state index contributed by atoms with van der Waals surface area (Å²) in [6.45, 7) is 1.73. The van der Waals surface area contributed by atoms with E-state index >= 15 is 0 Å². The minimum Gasteiger partial charge on any atom is -0.399 e. The van der Waals surface area contributed by atoms with Crippen LogP contribution in [0.15, 0.2) is 23.1 Å². The first kappa shape index (κ1) is 11.2. The lowest BCUT2D eigenvalue weighted by atomic mass is 10.2. The van der Waals surface area contributed by atoms with Crippen LogP contribution >= 0.6 is 0 Å². The maximum Gasteiger partial charge on any atom is 0.240 e. The molecular formula is C10H15N3O2S. The molecule has 0 amide bonds. The van der Waals surface area contributed by atoms with Crippen molar-refractivity contribution in [2.24, 2.45) is 5.14 Å². The van der Waals surface area contributed by atoms with Crippen molar-refractivity contribution < 1.29 is 8.42 Å². The third-order valence-electron chi connectivity index (χ3n) is 2.74. The summed E-state index contributed by atoms with van der Waals surface area (Å²) >= 11 is 0. The molecule has 1 heterocycles. The molecule has 0 spiro atoms. The highest BCUT2D eigenvalue weighted by molar-refractivity contribution is 7.89. The van der Waals surface area contributed by atoms with E-state index in [9.17, 15) is 8.42 Å². The quantitative estimate of drug-likeness (QED) is 0.738. The van der Waals surface area contributed by atoms with Crippen LogP contribution in [0, 0.1) is 0 Å². The monoisotopic (exact) mass is 241 g/mol. The van der Waals surface area contributed by atoms with Crippen molar-refractivity contribution in [1.82, 2.24) is 0 Å². The zero-order valence-electron chi connectivity index (χ0n) is 8.89. The highest BCUT2D eigenvalue weighted by atomic mass is 32.2. The summed E-state index contributed by atoms with van der Waals surface area (Å²) in [4.78, 5) is 2.15. The lowest BCUT2D eigenvalue weighted by Crippen LogP contribution is -2.23.